The number of carbonyl (C=O) groups is 1. The van der Waals surface area contributed by atoms with Crippen molar-refractivity contribution in [1.29, 1.82) is 0 Å². The quantitative estimate of drug-likeness (QED) is 0.0738. The van der Waals surface area contributed by atoms with E-state index in [2.05, 4.69) is 84.9 Å². The molecule has 8 atom stereocenters. The SMILES string of the molecule is CCCCCCCC/C=C\CCCCCCCC(=O)O[C@H]1CC[C@@]2(C)C(=CC=C3[C@@H]4CC[C@H]([C@H](C)/C=C/[C@H](C)C(C)C)[C@@]4(C)CC[C@@H]32)C1. The fraction of sp³-hybridized carbons (Fsp3) is 0.804. The summed E-state index contributed by atoms with van der Waals surface area (Å²) in [5.41, 5.74) is 3.99. The molecule has 48 heavy (non-hydrogen) atoms. The number of esters is 1. The number of carbonyl (C=O) groups excluding carboxylic acids is 1. The van der Waals surface area contributed by atoms with Crippen LogP contribution in [0.4, 0.5) is 0 Å². The van der Waals surface area contributed by atoms with Crippen LogP contribution in [0.3, 0.4) is 0 Å². The van der Waals surface area contributed by atoms with Gasteiger partial charge in [0.25, 0.3) is 0 Å². The number of hydrogen-bond acceptors (Lipinski definition) is 2. The molecule has 0 heterocycles. The van der Waals surface area contributed by atoms with Gasteiger partial charge in [-0.25, -0.2) is 0 Å². The summed E-state index contributed by atoms with van der Waals surface area (Å²) in [4.78, 5) is 12.8. The zero-order valence-corrected chi connectivity index (χ0v) is 32.7. The Bertz CT molecular complexity index is 1110. The van der Waals surface area contributed by atoms with E-state index in [1.165, 1.54) is 96.3 Å². The van der Waals surface area contributed by atoms with Crippen LogP contribution >= 0.6 is 0 Å². The largest absolute Gasteiger partial charge is 0.462 e. The summed E-state index contributed by atoms with van der Waals surface area (Å²) in [6.45, 7) is 17.0. The van der Waals surface area contributed by atoms with Crippen molar-refractivity contribution in [3.8, 4) is 0 Å². The first-order chi connectivity index (χ1) is 23.1. The van der Waals surface area contributed by atoms with Gasteiger partial charge in [-0.1, -0.05) is 147 Å². The Kier molecular flexibility index (Phi) is 15.6. The molecule has 0 aromatic heterocycles. The lowest BCUT2D eigenvalue weighted by atomic mass is 9.50. The number of allylic oxidation sites excluding steroid dienone is 7. The standard InChI is InChI=1S/C46H76O2/c1-8-9-10-11-12-13-14-15-16-17-18-19-20-21-22-23-44(47)48-39-30-32-45(6)38(34-39)26-27-40-42-29-28-41(46(42,7)33-31-43(40)45)37(5)25-24-36(4)35(2)3/h15-16,24-27,35-37,39,41-43H,8-14,17-23,28-34H2,1-7H3/b16-15-,25-24+/t36-,37+,39-,41+,42-,43-,45-,46+/m0/s1. The molecular weight excluding hydrogens is 585 g/mol. The summed E-state index contributed by atoms with van der Waals surface area (Å²) >= 11 is 0. The second-order valence-electron chi connectivity index (χ2n) is 17.6. The number of fused-ring (bicyclic) bond motifs is 5. The Morgan fingerprint density at radius 2 is 1.46 bits per heavy atom. The molecule has 0 saturated heterocycles. The molecule has 0 unspecified atom stereocenters. The first-order valence-corrected chi connectivity index (χ1v) is 21.0. The molecule has 0 aromatic rings. The second kappa shape index (κ2) is 19.2. The summed E-state index contributed by atoms with van der Waals surface area (Å²) in [6, 6.07) is 0. The fourth-order valence-corrected chi connectivity index (χ4v) is 10.3. The minimum Gasteiger partial charge on any atom is -0.462 e. The summed E-state index contributed by atoms with van der Waals surface area (Å²) in [5.74, 6) is 4.24. The molecule has 2 heteroatoms. The summed E-state index contributed by atoms with van der Waals surface area (Å²) in [5, 5.41) is 0. The van der Waals surface area contributed by atoms with E-state index in [4.69, 9.17) is 4.74 Å². The van der Waals surface area contributed by atoms with Crippen LogP contribution in [0.2, 0.25) is 0 Å². The van der Waals surface area contributed by atoms with E-state index in [0.717, 1.165) is 43.9 Å². The molecule has 2 nitrogen and oxygen atoms in total. The van der Waals surface area contributed by atoms with Crippen LogP contribution in [0.15, 0.2) is 47.6 Å². The van der Waals surface area contributed by atoms with E-state index >= 15 is 0 Å². The topological polar surface area (TPSA) is 26.3 Å². The zero-order chi connectivity index (χ0) is 34.6. The minimum absolute atomic E-state index is 0.0326. The van der Waals surface area contributed by atoms with Crippen molar-refractivity contribution in [3.63, 3.8) is 0 Å². The van der Waals surface area contributed by atoms with E-state index < -0.39 is 0 Å². The van der Waals surface area contributed by atoms with Crippen LogP contribution < -0.4 is 0 Å². The molecular formula is C46H76O2. The average molecular weight is 661 g/mol. The Morgan fingerprint density at radius 1 is 0.792 bits per heavy atom. The molecule has 4 rings (SSSR count). The van der Waals surface area contributed by atoms with Crippen molar-refractivity contribution >= 4 is 5.97 Å². The maximum atomic E-state index is 12.8. The summed E-state index contributed by atoms with van der Waals surface area (Å²) in [7, 11) is 0. The highest BCUT2D eigenvalue weighted by Crippen LogP contribution is 2.66. The predicted octanol–water partition coefficient (Wildman–Crippen LogP) is 13.9. The molecule has 0 spiro atoms. The third-order valence-corrected chi connectivity index (χ3v) is 13.9. The lowest BCUT2D eigenvalue weighted by molar-refractivity contribution is -0.151. The van der Waals surface area contributed by atoms with Crippen molar-refractivity contribution < 1.29 is 9.53 Å². The Labute approximate surface area is 298 Å². The van der Waals surface area contributed by atoms with Crippen LogP contribution in [-0.4, -0.2) is 12.1 Å². The van der Waals surface area contributed by atoms with Gasteiger partial charge in [0.15, 0.2) is 0 Å². The maximum absolute atomic E-state index is 12.8. The number of ether oxygens (including phenoxy) is 1. The highest BCUT2D eigenvalue weighted by Gasteiger charge is 2.57. The zero-order valence-electron chi connectivity index (χ0n) is 32.7. The molecule has 0 aliphatic heterocycles. The van der Waals surface area contributed by atoms with Gasteiger partial charge in [-0.05, 0) is 117 Å². The monoisotopic (exact) mass is 661 g/mol. The first-order valence-electron chi connectivity index (χ1n) is 21.0. The van der Waals surface area contributed by atoms with Crippen molar-refractivity contribution in [2.75, 3.05) is 0 Å². The van der Waals surface area contributed by atoms with Crippen LogP contribution in [-0.2, 0) is 9.53 Å². The lowest BCUT2D eigenvalue weighted by Crippen LogP contribution is -2.46. The number of unbranched alkanes of at least 4 members (excludes halogenated alkanes) is 11. The van der Waals surface area contributed by atoms with Gasteiger partial charge in [-0.15, -0.1) is 0 Å². The molecule has 0 N–H and O–H groups in total. The fourth-order valence-electron chi connectivity index (χ4n) is 10.3. The van der Waals surface area contributed by atoms with Crippen molar-refractivity contribution in [1.82, 2.24) is 0 Å². The van der Waals surface area contributed by atoms with Crippen molar-refractivity contribution in [2.45, 2.75) is 189 Å². The van der Waals surface area contributed by atoms with Gasteiger partial charge in [-0.3, -0.25) is 4.79 Å². The first kappa shape index (κ1) is 39.2. The molecule has 4 aliphatic carbocycles. The predicted molar refractivity (Wildman–Crippen MR) is 207 cm³/mol. The second-order valence-corrected chi connectivity index (χ2v) is 17.6. The van der Waals surface area contributed by atoms with E-state index in [-0.39, 0.29) is 17.5 Å². The third-order valence-electron chi connectivity index (χ3n) is 13.9. The molecule has 0 amide bonds. The Hall–Kier alpha value is -1.57. The highest BCUT2D eigenvalue weighted by atomic mass is 16.5. The number of hydrogen-bond donors (Lipinski definition) is 0. The molecule has 0 radical (unpaired) electrons. The number of rotatable bonds is 20. The van der Waals surface area contributed by atoms with Crippen LogP contribution in [0.1, 0.15) is 183 Å². The Morgan fingerprint density at radius 3 is 2.15 bits per heavy atom. The van der Waals surface area contributed by atoms with Crippen molar-refractivity contribution in [3.05, 3.63) is 47.6 Å². The average Bonchev–Trinajstić information content (AvgIpc) is 3.42. The van der Waals surface area contributed by atoms with E-state index in [9.17, 15) is 4.79 Å². The van der Waals surface area contributed by atoms with Gasteiger partial charge in [0, 0.05) is 12.8 Å². The van der Waals surface area contributed by atoms with Gasteiger partial charge in [0.1, 0.15) is 6.10 Å². The molecule has 0 aromatic carbocycles. The van der Waals surface area contributed by atoms with Gasteiger partial charge < -0.3 is 4.74 Å². The lowest BCUT2D eigenvalue weighted by Gasteiger charge is -2.55. The van der Waals surface area contributed by atoms with Gasteiger partial charge in [0.2, 0.25) is 0 Å². The van der Waals surface area contributed by atoms with Gasteiger partial charge in [-0.2, -0.15) is 0 Å². The normalized spacial score (nSPS) is 31.3. The summed E-state index contributed by atoms with van der Waals surface area (Å²) in [6.07, 6.45) is 40.7. The van der Waals surface area contributed by atoms with Crippen molar-refractivity contribution in [2.24, 2.45) is 46.3 Å². The smallest absolute Gasteiger partial charge is 0.306 e. The summed E-state index contributed by atoms with van der Waals surface area (Å²) < 4.78 is 6.10. The maximum Gasteiger partial charge on any atom is 0.306 e. The highest BCUT2D eigenvalue weighted by molar-refractivity contribution is 5.69. The van der Waals surface area contributed by atoms with E-state index in [0.29, 0.717) is 35.5 Å². The minimum atomic E-state index is 0.0326. The van der Waals surface area contributed by atoms with E-state index in [1.807, 2.05) is 0 Å². The molecule has 272 valence electrons. The molecule has 3 saturated carbocycles. The molecule has 4 aliphatic rings. The third kappa shape index (κ3) is 10.2. The Balaban J connectivity index is 1.16. The van der Waals surface area contributed by atoms with Gasteiger partial charge >= 0.3 is 5.97 Å². The molecule has 3 fully saturated rings. The molecule has 0 bridgehead atoms. The van der Waals surface area contributed by atoms with Crippen LogP contribution in [0, 0.1) is 46.3 Å². The van der Waals surface area contributed by atoms with Crippen LogP contribution in [0.5, 0.6) is 0 Å². The van der Waals surface area contributed by atoms with E-state index in [1.54, 1.807) is 11.1 Å². The van der Waals surface area contributed by atoms with Crippen LogP contribution in [0.25, 0.3) is 0 Å². The van der Waals surface area contributed by atoms with Gasteiger partial charge in [0.05, 0.1) is 0 Å².